The normalized spacial score (nSPS) is 18.7. The predicted octanol–water partition coefficient (Wildman–Crippen LogP) is 0.657. The fourth-order valence-electron chi connectivity index (χ4n) is 3.02. The highest BCUT2D eigenvalue weighted by molar-refractivity contribution is 5.12. The number of aryl methyl sites for hydroxylation is 1. The highest BCUT2D eigenvalue weighted by Crippen LogP contribution is 2.30. The van der Waals surface area contributed by atoms with E-state index in [0.717, 1.165) is 5.56 Å². The zero-order valence-corrected chi connectivity index (χ0v) is 11.1. The van der Waals surface area contributed by atoms with Crippen molar-refractivity contribution < 1.29 is 5.11 Å². The SMILES string of the molecule is Cn1cc(C(CN)N(CCO)C2CCCC2)cn1. The molecule has 5 nitrogen and oxygen atoms in total. The summed E-state index contributed by atoms with van der Waals surface area (Å²) in [6.45, 7) is 1.46. The molecule has 0 aromatic carbocycles. The molecule has 0 spiro atoms. The van der Waals surface area contributed by atoms with Crippen LogP contribution < -0.4 is 5.73 Å². The Morgan fingerprint density at radius 3 is 2.78 bits per heavy atom. The van der Waals surface area contributed by atoms with Crippen molar-refractivity contribution in [1.29, 1.82) is 0 Å². The highest BCUT2D eigenvalue weighted by atomic mass is 16.3. The summed E-state index contributed by atoms with van der Waals surface area (Å²) in [5.41, 5.74) is 7.11. The van der Waals surface area contributed by atoms with Crippen molar-refractivity contribution in [2.45, 2.75) is 37.8 Å². The van der Waals surface area contributed by atoms with Gasteiger partial charge in [0.2, 0.25) is 0 Å². The maximum atomic E-state index is 9.29. The highest BCUT2D eigenvalue weighted by Gasteiger charge is 2.29. The van der Waals surface area contributed by atoms with E-state index in [4.69, 9.17) is 5.73 Å². The topological polar surface area (TPSA) is 67.3 Å². The zero-order chi connectivity index (χ0) is 13.0. The standard InChI is InChI=1S/C13H24N4O/c1-16-10-11(9-15-16)13(8-14)17(6-7-18)12-4-2-3-5-12/h9-10,12-13,18H,2-8,14H2,1H3. The van der Waals surface area contributed by atoms with E-state index in [9.17, 15) is 5.11 Å². The van der Waals surface area contributed by atoms with E-state index in [1.54, 1.807) is 0 Å². The first-order chi connectivity index (χ1) is 8.76. The molecule has 1 fully saturated rings. The summed E-state index contributed by atoms with van der Waals surface area (Å²) in [5.74, 6) is 0. The second kappa shape index (κ2) is 6.31. The van der Waals surface area contributed by atoms with Gasteiger partial charge >= 0.3 is 0 Å². The number of rotatable bonds is 6. The Morgan fingerprint density at radius 1 is 1.56 bits per heavy atom. The molecule has 0 amide bonds. The van der Waals surface area contributed by atoms with E-state index in [2.05, 4.69) is 10.00 Å². The second-order valence-corrected chi connectivity index (χ2v) is 5.10. The van der Waals surface area contributed by atoms with Crippen LogP contribution in [0.4, 0.5) is 0 Å². The van der Waals surface area contributed by atoms with Crippen molar-refractivity contribution in [3.63, 3.8) is 0 Å². The summed E-state index contributed by atoms with van der Waals surface area (Å²) < 4.78 is 1.81. The first-order valence-electron chi connectivity index (χ1n) is 6.81. The molecule has 1 heterocycles. The molecule has 1 aromatic heterocycles. The fourth-order valence-corrected chi connectivity index (χ4v) is 3.02. The lowest BCUT2D eigenvalue weighted by atomic mass is 10.1. The Kier molecular flexibility index (Phi) is 4.74. The van der Waals surface area contributed by atoms with Gasteiger partial charge in [-0.25, -0.2) is 0 Å². The van der Waals surface area contributed by atoms with Crippen LogP contribution in [0.5, 0.6) is 0 Å². The average Bonchev–Trinajstić information content (AvgIpc) is 3.00. The lowest BCUT2D eigenvalue weighted by molar-refractivity contribution is 0.107. The van der Waals surface area contributed by atoms with Crippen LogP contribution in [0, 0.1) is 0 Å². The van der Waals surface area contributed by atoms with Crippen LogP contribution in [0.3, 0.4) is 0 Å². The number of nitrogens with two attached hydrogens (primary N) is 1. The maximum absolute atomic E-state index is 9.29. The minimum atomic E-state index is 0.175. The molecule has 1 saturated carbocycles. The van der Waals surface area contributed by atoms with Gasteiger partial charge in [0.15, 0.2) is 0 Å². The minimum Gasteiger partial charge on any atom is -0.395 e. The molecule has 1 aromatic rings. The summed E-state index contributed by atoms with van der Waals surface area (Å²) in [6, 6.07) is 0.736. The summed E-state index contributed by atoms with van der Waals surface area (Å²) in [6.07, 6.45) is 8.93. The Hall–Kier alpha value is -0.910. The van der Waals surface area contributed by atoms with Crippen LogP contribution in [0.1, 0.15) is 37.3 Å². The third-order valence-electron chi connectivity index (χ3n) is 3.89. The van der Waals surface area contributed by atoms with Gasteiger partial charge in [-0.05, 0) is 12.8 Å². The van der Waals surface area contributed by atoms with Crippen molar-refractivity contribution in [1.82, 2.24) is 14.7 Å². The molecule has 18 heavy (non-hydrogen) atoms. The third kappa shape index (κ3) is 2.91. The molecule has 0 bridgehead atoms. The Bertz CT molecular complexity index is 360. The zero-order valence-electron chi connectivity index (χ0n) is 11.1. The number of hydrogen-bond donors (Lipinski definition) is 2. The quantitative estimate of drug-likeness (QED) is 0.780. The largest absolute Gasteiger partial charge is 0.395 e. The first kappa shape index (κ1) is 13.5. The van der Waals surface area contributed by atoms with Crippen molar-refractivity contribution in [2.24, 2.45) is 12.8 Å². The van der Waals surface area contributed by atoms with Gasteiger partial charge < -0.3 is 10.8 Å². The Morgan fingerprint density at radius 2 is 2.28 bits per heavy atom. The molecule has 0 saturated heterocycles. The minimum absolute atomic E-state index is 0.175. The van der Waals surface area contributed by atoms with Crippen molar-refractivity contribution in [2.75, 3.05) is 19.7 Å². The molecule has 0 aliphatic heterocycles. The van der Waals surface area contributed by atoms with E-state index < -0.39 is 0 Å². The number of hydrogen-bond acceptors (Lipinski definition) is 4. The fraction of sp³-hybridized carbons (Fsp3) is 0.769. The van der Waals surface area contributed by atoms with Gasteiger partial charge in [-0.15, -0.1) is 0 Å². The van der Waals surface area contributed by atoms with Crippen LogP contribution >= 0.6 is 0 Å². The van der Waals surface area contributed by atoms with Gasteiger partial charge in [0.1, 0.15) is 0 Å². The smallest absolute Gasteiger partial charge is 0.0558 e. The molecule has 2 rings (SSSR count). The lowest BCUT2D eigenvalue weighted by Gasteiger charge is -2.35. The number of aliphatic hydroxyl groups excluding tert-OH is 1. The van der Waals surface area contributed by atoms with Crippen LogP contribution in [0.2, 0.25) is 0 Å². The Balaban J connectivity index is 2.15. The second-order valence-electron chi connectivity index (χ2n) is 5.10. The molecule has 5 heteroatoms. The van der Waals surface area contributed by atoms with E-state index >= 15 is 0 Å². The predicted molar refractivity (Wildman–Crippen MR) is 71.1 cm³/mol. The van der Waals surface area contributed by atoms with E-state index in [1.807, 2.05) is 24.1 Å². The van der Waals surface area contributed by atoms with Gasteiger partial charge in [0.05, 0.1) is 18.8 Å². The summed E-state index contributed by atoms with van der Waals surface area (Å²) >= 11 is 0. The van der Waals surface area contributed by atoms with Gasteiger partial charge in [0, 0.05) is 37.9 Å². The van der Waals surface area contributed by atoms with E-state index in [-0.39, 0.29) is 12.6 Å². The monoisotopic (exact) mass is 252 g/mol. The van der Waals surface area contributed by atoms with E-state index in [0.29, 0.717) is 19.1 Å². The van der Waals surface area contributed by atoms with Crippen LogP contribution in [0.15, 0.2) is 12.4 Å². The van der Waals surface area contributed by atoms with Gasteiger partial charge in [-0.3, -0.25) is 9.58 Å². The molecule has 1 unspecified atom stereocenters. The number of aliphatic hydroxyl groups is 1. The third-order valence-corrected chi connectivity index (χ3v) is 3.89. The van der Waals surface area contributed by atoms with E-state index in [1.165, 1.54) is 25.7 Å². The molecule has 1 atom stereocenters. The van der Waals surface area contributed by atoms with Crippen LogP contribution in [0.25, 0.3) is 0 Å². The number of aromatic nitrogens is 2. The van der Waals surface area contributed by atoms with Crippen molar-refractivity contribution >= 4 is 0 Å². The van der Waals surface area contributed by atoms with Gasteiger partial charge in [-0.1, -0.05) is 12.8 Å². The molecule has 102 valence electrons. The van der Waals surface area contributed by atoms with Crippen molar-refractivity contribution in [3.05, 3.63) is 18.0 Å². The summed E-state index contributed by atoms with van der Waals surface area (Å²) in [4.78, 5) is 2.37. The maximum Gasteiger partial charge on any atom is 0.0558 e. The van der Waals surface area contributed by atoms with Crippen LogP contribution in [-0.4, -0.2) is 45.5 Å². The lowest BCUT2D eigenvalue weighted by Crippen LogP contribution is -2.41. The molecular formula is C13H24N4O. The van der Waals surface area contributed by atoms with Crippen LogP contribution in [-0.2, 0) is 7.05 Å². The molecule has 1 aliphatic rings. The first-order valence-corrected chi connectivity index (χ1v) is 6.81. The molecule has 3 N–H and O–H groups in total. The Labute approximate surface area is 109 Å². The number of nitrogens with zero attached hydrogens (tertiary/aromatic N) is 3. The molecular weight excluding hydrogens is 228 g/mol. The average molecular weight is 252 g/mol. The van der Waals surface area contributed by atoms with Gasteiger partial charge in [0.25, 0.3) is 0 Å². The van der Waals surface area contributed by atoms with Gasteiger partial charge in [-0.2, -0.15) is 5.10 Å². The molecule has 1 aliphatic carbocycles. The molecule has 0 radical (unpaired) electrons. The summed E-state index contributed by atoms with van der Waals surface area (Å²) in [7, 11) is 1.92. The van der Waals surface area contributed by atoms with Crippen molar-refractivity contribution in [3.8, 4) is 0 Å². The summed E-state index contributed by atoms with van der Waals surface area (Å²) in [5, 5.41) is 13.5.